The van der Waals surface area contributed by atoms with Crippen molar-refractivity contribution in [2.45, 2.75) is 13.1 Å². The minimum absolute atomic E-state index is 0.0138. The van der Waals surface area contributed by atoms with E-state index in [-0.39, 0.29) is 5.56 Å². The fourth-order valence-electron chi connectivity index (χ4n) is 1.61. The second-order valence-electron chi connectivity index (χ2n) is 3.92. The highest BCUT2D eigenvalue weighted by atomic mass is 19.4. The lowest BCUT2D eigenvalue weighted by atomic mass is 10.2. The largest absolute Gasteiger partial charge is 0.478 e. The SMILES string of the molecule is Cc1nn(-c2ccc(C(F)(F)F)cc2)cc1C(=O)O. The fourth-order valence-corrected chi connectivity index (χ4v) is 1.61. The fraction of sp³-hybridized carbons (Fsp3) is 0.167. The predicted molar refractivity (Wildman–Crippen MR) is 60.3 cm³/mol. The molecule has 19 heavy (non-hydrogen) atoms. The van der Waals surface area contributed by atoms with E-state index in [1.807, 2.05) is 0 Å². The van der Waals surface area contributed by atoms with E-state index in [1.54, 1.807) is 0 Å². The molecule has 0 amide bonds. The van der Waals surface area contributed by atoms with Crippen LogP contribution in [0.1, 0.15) is 21.6 Å². The summed E-state index contributed by atoms with van der Waals surface area (Å²) in [4.78, 5) is 10.8. The van der Waals surface area contributed by atoms with E-state index in [1.165, 1.54) is 29.9 Å². The molecule has 1 aromatic heterocycles. The number of halogens is 3. The smallest absolute Gasteiger partial charge is 0.416 e. The van der Waals surface area contributed by atoms with Gasteiger partial charge in [-0.25, -0.2) is 9.48 Å². The topological polar surface area (TPSA) is 55.1 Å². The van der Waals surface area contributed by atoms with E-state index in [0.717, 1.165) is 12.1 Å². The van der Waals surface area contributed by atoms with Gasteiger partial charge in [-0.15, -0.1) is 0 Å². The van der Waals surface area contributed by atoms with Crippen LogP contribution in [0.5, 0.6) is 0 Å². The lowest BCUT2D eigenvalue weighted by Gasteiger charge is -2.07. The van der Waals surface area contributed by atoms with Crippen LogP contribution in [0.2, 0.25) is 0 Å². The molecule has 0 bridgehead atoms. The van der Waals surface area contributed by atoms with Crippen molar-refractivity contribution >= 4 is 5.97 Å². The van der Waals surface area contributed by atoms with Crippen LogP contribution in [-0.2, 0) is 6.18 Å². The molecule has 7 heteroatoms. The third-order valence-corrected chi connectivity index (χ3v) is 2.59. The standard InChI is InChI=1S/C12H9F3N2O2/c1-7-10(11(18)19)6-17(16-7)9-4-2-8(3-5-9)12(13,14)15/h2-6H,1H3,(H,18,19). The van der Waals surface area contributed by atoms with Gasteiger partial charge in [-0.2, -0.15) is 18.3 Å². The molecule has 0 atom stereocenters. The number of aromatic nitrogens is 2. The molecule has 1 heterocycles. The number of benzene rings is 1. The number of hydrogen-bond acceptors (Lipinski definition) is 2. The van der Waals surface area contributed by atoms with Crippen LogP contribution < -0.4 is 0 Å². The molecule has 2 aromatic rings. The number of nitrogens with zero attached hydrogens (tertiary/aromatic N) is 2. The van der Waals surface area contributed by atoms with Crippen LogP contribution >= 0.6 is 0 Å². The Bertz CT molecular complexity index is 615. The summed E-state index contributed by atoms with van der Waals surface area (Å²) in [5.74, 6) is -1.13. The van der Waals surface area contributed by atoms with Crippen molar-refractivity contribution in [3.63, 3.8) is 0 Å². The van der Waals surface area contributed by atoms with E-state index >= 15 is 0 Å². The molecule has 1 aromatic carbocycles. The number of aryl methyl sites for hydroxylation is 1. The maximum atomic E-state index is 12.4. The van der Waals surface area contributed by atoms with Gasteiger partial charge in [0.15, 0.2) is 0 Å². The summed E-state index contributed by atoms with van der Waals surface area (Å²) < 4.78 is 38.4. The van der Waals surface area contributed by atoms with E-state index in [4.69, 9.17) is 5.11 Å². The number of carbonyl (C=O) groups is 1. The molecule has 0 aliphatic rings. The molecule has 0 aliphatic carbocycles. The van der Waals surface area contributed by atoms with Crippen molar-refractivity contribution in [1.29, 1.82) is 0 Å². The first kappa shape index (κ1) is 13.1. The zero-order valence-electron chi connectivity index (χ0n) is 9.77. The van der Waals surface area contributed by atoms with E-state index < -0.39 is 17.7 Å². The number of alkyl halides is 3. The Balaban J connectivity index is 2.38. The molecular formula is C12H9F3N2O2. The summed E-state index contributed by atoms with van der Waals surface area (Å²) in [6.45, 7) is 1.52. The third-order valence-electron chi connectivity index (χ3n) is 2.59. The normalized spacial score (nSPS) is 11.6. The average molecular weight is 270 g/mol. The molecule has 0 saturated heterocycles. The summed E-state index contributed by atoms with van der Waals surface area (Å²) >= 11 is 0. The highest BCUT2D eigenvalue weighted by Crippen LogP contribution is 2.29. The lowest BCUT2D eigenvalue weighted by molar-refractivity contribution is -0.137. The summed E-state index contributed by atoms with van der Waals surface area (Å²) in [5, 5.41) is 12.8. The highest BCUT2D eigenvalue weighted by molar-refractivity contribution is 5.88. The Hall–Kier alpha value is -2.31. The first-order chi connectivity index (χ1) is 8.79. The van der Waals surface area contributed by atoms with Crippen LogP contribution in [0, 0.1) is 6.92 Å². The van der Waals surface area contributed by atoms with Gasteiger partial charge in [-0.3, -0.25) is 0 Å². The minimum atomic E-state index is -4.40. The minimum Gasteiger partial charge on any atom is -0.478 e. The van der Waals surface area contributed by atoms with Gasteiger partial charge in [0, 0.05) is 6.20 Å². The number of carboxylic acid groups (broad SMARTS) is 1. The Labute approximate surface area is 106 Å². The van der Waals surface area contributed by atoms with Gasteiger partial charge in [-0.1, -0.05) is 0 Å². The summed E-state index contributed by atoms with van der Waals surface area (Å²) in [6.07, 6.45) is -3.13. The van der Waals surface area contributed by atoms with Crippen molar-refractivity contribution < 1.29 is 23.1 Å². The second kappa shape index (κ2) is 4.42. The van der Waals surface area contributed by atoms with Crippen LogP contribution in [0.25, 0.3) is 5.69 Å². The van der Waals surface area contributed by atoms with Crippen molar-refractivity contribution in [2.75, 3.05) is 0 Å². The average Bonchev–Trinajstić information content (AvgIpc) is 2.70. The summed E-state index contributed by atoms with van der Waals surface area (Å²) in [6, 6.07) is 4.32. The Morgan fingerprint density at radius 2 is 1.84 bits per heavy atom. The molecule has 0 radical (unpaired) electrons. The first-order valence-corrected chi connectivity index (χ1v) is 5.26. The lowest BCUT2D eigenvalue weighted by Crippen LogP contribution is -2.05. The summed E-state index contributed by atoms with van der Waals surface area (Å²) in [7, 11) is 0. The van der Waals surface area contributed by atoms with Gasteiger partial charge in [0.2, 0.25) is 0 Å². The molecular weight excluding hydrogens is 261 g/mol. The molecule has 100 valence electrons. The van der Waals surface area contributed by atoms with Crippen molar-refractivity contribution in [1.82, 2.24) is 9.78 Å². The molecule has 4 nitrogen and oxygen atoms in total. The number of hydrogen-bond donors (Lipinski definition) is 1. The van der Waals surface area contributed by atoms with Crippen LogP contribution in [0.3, 0.4) is 0 Å². The van der Waals surface area contributed by atoms with Gasteiger partial charge >= 0.3 is 12.1 Å². The Kier molecular flexibility index (Phi) is 3.05. The molecule has 0 saturated carbocycles. The Morgan fingerprint density at radius 3 is 2.26 bits per heavy atom. The van der Waals surface area contributed by atoms with E-state index in [0.29, 0.717) is 11.4 Å². The molecule has 0 spiro atoms. The van der Waals surface area contributed by atoms with Crippen LogP contribution in [-0.4, -0.2) is 20.9 Å². The zero-order chi connectivity index (χ0) is 14.2. The molecule has 1 N–H and O–H groups in total. The van der Waals surface area contributed by atoms with E-state index in [9.17, 15) is 18.0 Å². The van der Waals surface area contributed by atoms with Crippen LogP contribution in [0.4, 0.5) is 13.2 Å². The summed E-state index contributed by atoms with van der Waals surface area (Å²) in [5.41, 5.74) is -0.0884. The molecule has 2 rings (SSSR count). The number of rotatable bonds is 2. The Morgan fingerprint density at radius 1 is 1.26 bits per heavy atom. The molecule has 0 aliphatic heterocycles. The zero-order valence-corrected chi connectivity index (χ0v) is 9.77. The number of carboxylic acids is 1. The monoisotopic (exact) mass is 270 g/mol. The molecule has 0 fully saturated rings. The van der Waals surface area contributed by atoms with Gasteiger partial charge in [0.1, 0.15) is 5.56 Å². The van der Waals surface area contributed by atoms with Gasteiger partial charge in [0.25, 0.3) is 0 Å². The third kappa shape index (κ3) is 2.59. The quantitative estimate of drug-likeness (QED) is 0.912. The first-order valence-electron chi connectivity index (χ1n) is 5.26. The second-order valence-corrected chi connectivity index (χ2v) is 3.92. The molecule has 0 unspecified atom stereocenters. The van der Waals surface area contributed by atoms with Crippen molar-refractivity contribution in [2.24, 2.45) is 0 Å². The maximum Gasteiger partial charge on any atom is 0.416 e. The van der Waals surface area contributed by atoms with E-state index in [2.05, 4.69) is 5.10 Å². The maximum absolute atomic E-state index is 12.4. The van der Waals surface area contributed by atoms with Crippen molar-refractivity contribution in [3.05, 3.63) is 47.3 Å². The number of aromatic carboxylic acids is 1. The van der Waals surface area contributed by atoms with Crippen molar-refractivity contribution in [3.8, 4) is 5.69 Å². The van der Waals surface area contributed by atoms with Gasteiger partial charge in [-0.05, 0) is 31.2 Å². The van der Waals surface area contributed by atoms with Gasteiger partial charge in [0.05, 0.1) is 16.9 Å². The van der Waals surface area contributed by atoms with Gasteiger partial charge < -0.3 is 5.11 Å². The van der Waals surface area contributed by atoms with Crippen LogP contribution in [0.15, 0.2) is 30.5 Å². The predicted octanol–water partition coefficient (Wildman–Crippen LogP) is 2.90. The highest BCUT2D eigenvalue weighted by Gasteiger charge is 2.30.